The van der Waals surface area contributed by atoms with Gasteiger partial charge in [0.25, 0.3) is 0 Å². The van der Waals surface area contributed by atoms with E-state index in [1.165, 1.54) is 12.1 Å². The van der Waals surface area contributed by atoms with E-state index in [1.54, 1.807) is 12.1 Å². The first-order chi connectivity index (χ1) is 7.38. The van der Waals surface area contributed by atoms with E-state index in [2.05, 4.69) is 5.32 Å². The van der Waals surface area contributed by atoms with E-state index in [4.69, 9.17) is 5.73 Å². The Balaban J connectivity index is 2.75. The van der Waals surface area contributed by atoms with Gasteiger partial charge in [-0.3, -0.25) is 0 Å². The van der Waals surface area contributed by atoms with Crippen LogP contribution in [0.2, 0.25) is 0 Å². The predicted molar refractivity (Wildman–Crippen MR) is 54.0 cm³/mol. The molecule has 88 valence electrons. The molecule has 0 fully saturated rings. The number of hydrogen-bond donors (Lipinski definition) is 2. The summed E-state index contributed by atoms with van der Waals surface area (Å²) in [4.78, 5) is 10.6. The van der Waals surface area contributed by atoms with E-state index in [0.717, 1.165) is 0 Å². The predicted octanol–water partition coefficient (Wildman–Crippen LogP) is 2.67. The third-order valence-electron chi connectivity index (χ3n) is 1.95. The summed E-state index contributed by atoms with van der Waals surface area (Å²) in [5, 5.41) is 2.28. The van der Waals surface area contributed by atoms with Gasteiger partial charge in [-0.25, -0.2) is 4.79 Å². The number of benzene rings is 1. The molecule has 0 heterocycles. The zero-order chi connectivity index (χ0) is 12.2. The van der Waals surface area contributed by atoms with Crippen LogP contribution in [0.1, 0.15) is 12.0 Å². The van der Waals surface area contributed by atoms with E-state index >= 15 is 0 Å². The topological polar surface area (TPSA) is 55.1 Å². The van der Waals surface area contributed by atoms with Crippen molar-refractivity contribution in [3.8, 4) is 0 Å². The number of anilines is 1. The van der Waals surface area contributed by atoms with Gasteiger partial charge in [-0.2, -0.15) is 13.2 Å². The fourth-order valence-corrected chi connectivity index (χ4v) is 1.27. The molecule has 0 saturated carbocycles. The molecule has 0 aliphatic rings. The molecule has 0 bridgehead atoms. The highest BCUT2D eigenvalue weighted by Crippen LogP contribution is 2.25. The number of carbonyl (C=O) groups is 1. The van der Waals surface area contributed by atoms with Crippen LogP contribution < -0.4 is 11.1 Å². The number of halogens is 3. The Morgan fingerprint density at radius 1 is 1.31 bits per heavy atom. The van der Waals surface area contributed by atoms with Gasteiger partial charge >= 0.3 is 12.2 Å². The highest BCUT2D eigenvalue weighted by atomic mass is 19.4. The molecular formula is C10H11F3N2O. The Bertz CT molecular complexity index is 377. The molecule has 0 saturated heterocycles. The summed E-state index contributed by atoms with van der Waals surface area (Å²) >= 11 is 0. The number of rotatable bonds is 3. The number of hydrogen-bond acceptors (Lipinski definition) is 1. The second-order valence-electron chi connectivity index (χ2n) is 3.26. The van der Waals surface area contributed by atoms with Crippen molar-refractivity contribution in [3.05, 3.63) is 29.8 Å². The summed E-state index contributed by atoms with van der Waals surface area (Å²) in [7, 11) is 0. The molecule has 0 unspecified atom stereocenters. The van der Waals surface area contributed by atoms with Gasteiger partial charge in [0.15, 0.2) is 0 Å². The Morgan fingerprint density at radius 2 is 1.94 bits per heavy atom. The lowest BCUT2D eigenvalue weighted by Gasteiger charge is -2.10. The first-order valence-corrected chi connectivity index (χ1v) is 4.59. The fourth-order valence-electron chi connectivity index (χ4n) is 1.27. The Labute approximate surface area is 90.4 Å². The van der Waals surface area contributed by atoms with E-state index in [-0.39, 0.29) is 6.42 Å². The molecule has 3 N–H and O–H groups in total. The Morgan fingerprint density at radius 3 is 2.50 bits per heavy atom. The third kappa shape index (κ3) is 4.20. The van der Waals surface area contributed by atoms with Crippen LogP contribution in [0.4, 0.5) is 23.7 Å². The number of amides is 2. The molecule has 6 heteroatoms. The molecule has 0 radical (unpaired) electrons. The molecule has 0 aliphatic heterocycles. The van der Waals surface area contributed by atoms with Gasteiger partial charge in [0, 0.05) is 12.1 Å². The van der Waals surface area contributed by atoms with Crippen molar-refractivity contribution < 1.29 is 18.0 Å². The summed E-state index contributed by atoms with van der Waals surface area (Å²) in [5.41, 5.74) is 5.64. The minimum Gasteiger partial charge on any atom is -0.351 e. The minimum atomic E-state index is -4.21. The number of para-hydroxylation sites is 1. The van der Waals surface area contributed by atoms with Crippen LogP contribution in [0.5, 0.6) is 0 Å². The Kier molecular flexibility index (Phi) is 3.76. The Hall–Kier alpha value is -1.72. The zero-order valence-corrected chi connectivity index (χ0v) is 8.34. The van der Waals surface area contributed by atoms with E-state index in [9.17, 15) is 18.0 Å². The second-order valence-corrected chi connectivity index (χ2v) is 3.26. The smallest absolute Gasteiger partial charge is 0.351 e. The number of nitrogens with two attached hydrogens (primary N) is 1. The van der Waals surface area contributed by atoms with Gasteiger partial charge in [-0.1, -0.05) is 18.2 Å². The fraction of sp³-hybridized carbons (Fsp3) is 0.300. The van der Waals surface area contributed by atoms with Crippen LogP contribution in [0.15, 0.2) is 24.3 Å². The lowest BCUT2D eigenvalue weighted by molar-refractivity contribution is -0.133. The van der Waals surface area contributed by atoms with Gasteiger partial charge in [0.1, 0.15) is 0 Å². The normalized spacial score (nSPS) is 11.2. The van der Waals surface area contributed by atoms with Gasteiger partial charge in [-0.15, -0.1) is 0 Å². The van der Waals surface area contributed by atoms with Crippen molar-refractivity contribution in [3.63, 3.8) is 0 Å². The van der Waals surface area contributed by atoms with Gasteiger partial charge in [-0.05, 0) is 18.1 Å². The first kappa shape index (κ1) is 12.4. The van der Waals surface area contributed by atoms with Crippen molar-refractivity contribution in [1.82, 2.24) is 0 Å². The molecule has 1 aromatic rings. The summed E-state index contributed by atoms with van der Waals surface area (Å²) in [6.45, 7) is 0. The van der Waals surface area contributed by atoms with Crippen LogP contribution in [-0.2, 0) is 6.42 Å². The zero-order valence-electron chi connectivity index (χ0n) is 8.34. The van der Waals surface area contributed by atoms with Crippen LogP contribution in [0.3, 0.4) is 0 Å². The van der Waals surface area contributed by atoms with Crippen LogP contribution in [-0.4, -0.2) is 12.2 Å². The largest absolute Gasteiger partial charge is 0.389 e. The van der Waals surface area contributed by atoms with Crippen molar-refractivity contribution in [2.75, 3.05) is 5.32 Å². The van der Waals surface area contributed by atoms with Gasteiger partial charge < -0.3 is 11.1 Å². The van der Waals surface area contributed by atoms with Gasteiger partial charge in [0.05, 0.1) is 0 Å². The van der Waals surface area contributed by atoms with Crippen molar-refractivity contribution in [2.24, 2.45) is 5.73 Å². The van der Waals surface area contributed by atoms with Crippen LogP contribution >= 0.6 is 0 Å². The molecule has 3 nitrogen and oxygen atoms in total. The first-order valence-electron chi connectivity index (χ1n) is 4.59. The lowest BCUT2D eigenvalue weighted by atomic mass is 10.1. The van der Waals surface area contributed by atoms with E-state index < -0.39 is 18.6 Å². The molecule has 0 aliphatic carbocycles. The molecule has 2 amide bonds. The average Bonchev–Trinajstić information content (AvgIpc) is 2.14. The average molecular weight is 232 g/mol. The maximum atomic E-state index is 12.0. The number of nitrogens with one attached hydrogen (secondary N) is 1. The molecule has 0 atom stereocenters. The highest BCUT2D eigenvalue weighted by molar-refractivity contribution is 5.88. The maximum Gasteiger partial charge on any atom is 0.389 e. The second kappa shape index (κ2) is 4.87. The summed E-state index contributed by atoms with van der Waals surface area (Å²) < 4.78 is 36.1. The number of primary amides is 1. The highest BCUT2D eigenvalue weighted by Gasteiger charge is 2.26. The van der Waals surface area contributed by atoms with E-state index in [0.29, 0.717) is 11.3 Å². The molecule has 0 spiro atoms. The molecule has 1 aromatic carbocycles. The molecule has 0 aromatic heterocycles. The quantitative estimate of drug-likeness (QED) is 0.827. The van der Waals surface area contributed by atoms with E-state index in [1.807, 2.05) is 0 Å². The number of alkyl halides is 3. The van der Waals surface area contributed by atoms with Gasteiger partial charge in [0.2, 0.25) is 0 Å². The SMILES string of the molecule is NC(=O)Nc1ccccc1CCC(F)(F)F. The number of urea groups is 1. The maximum absolute atomic E-state index is 12.0. The van der Waals surface area contributed by atoms with Crippen molar-refractivity contribution in [2.45, 2.75) is 19.0 Å². The summed E-state index contributed by atoms with van der Waals surface area (Å²) in [6.07, 6.45) is -5.32. The van der Waals surface area contributed by atoms with Crippen molar-refractivity contribution in [1.29, 1.82) is 0 Å². The number of aryl methyl sites for hydroxylation is 1. The summed E-state index contributed by atoms with van der Waals surface area (Å²) in [5.74, 6) is 0. The lowest BCUT2D eigenvalue weighted by Crippen LogP contribution is -2.20. The molecule has 1 rings (SSSR count). The van der Waals surface area contributed by atoms with Crippen LogP contribution in [0, 0.1) is 0 Å². The summed E-state index contributed by atoms with van der Waals surface area (Å²) in [6, 6.07) is 5.47. The third-order valence-corrected chi connectivity index (χ3v) is 1.95. The van der Waals surface area contributed by atoms with Crippen LogP contribution in [0.25, 0.3) is 0 Å². The standard InChI is InChI=1S/C10H11F3N2O/c11-10(12,13)6-5-7-3-1-2-4-8(7)15-9(14)16/h1-4H,5-6H2,(H3,14,15,16). The monoisotopic (exact) mass is 232 g/mol. The molecular weight excluding hydrogens is 221 g/mol. The van der Waals surface area contributed by atoms with Crippen molar-refractivity contribution >= 4 is 11.7 Å². The molecule has 16 heavy (non-hydrogen) atoms. The minimum absolute atomic E-state index is 0.181. The number of carbonyl (C=O) groups excluding carboxylic acids is 1.